The first-order chi connectivity index (χ1) is 8.58. The molecule has 0 spiro atoms. The van der Waals surface area contributed by atoms with Crippen molar-refractivity contribution in [3.8, 4) is 0 Å². The van der Waals surface area contributed by atoms with Crippen LogP contribution >= 0.6 is 11.6 Å². The standard InChI is InChI=1S/C12H13ClN4O/c1-17(2)11-4-3-9(13)5-10(11)16-12(18)8-6-14-15-7-8/h3-7H,1-2H3,(H,14,15)(H,16,18). The molecule has 2 aromatic rings. The number of hydrogen-bond donors (Lipinski definition) is 2. The fraction of sp³-hybridized carbons (Fsp3) is 0.167. The minimum atomic E-state index is -0.228. The molecule has 0 atom stereocenters. The van der Waals surface area contributed by atoms with Gasteiger partial charge in [0, 0.05) is 25.3 Å². The zero-order valence-electron chi connectivity index (χ0n) is 10.1. The SMILES string of the molecule is CN(C)c1ccc(Cl)cc1NC(=O)c1cn[nH]c1. The first kappa shape index (κ1) is 12.4. The van der Waals surface area contributed by atoms with E-state index in [1.807, 2.05) is 25.1 Å². The van der Waals surface area contributed by atoms with Crippen molar-refractivity contribution in [3.05, 3.63) is 41.2 Å². The fourth-order valence-corrected chi connectivity index (χ4v) is 1.74. The topological polar surface area (TPSA) is 61.0 Å². The number of aromatic nitrogens is 2. The molecule has 5 nitrogen and oxygen atoms in total. The van der Waals surface area contributed by atoms with Crippen molar-refractivity contribution < 1.29 is 4.79 Å². The number of carbonyl (C=O) groups is 1. The Bertz CT molecular complexity index is 551. The summed E-state index contributed by atoms with van der Waals surface area (Å²) in [6.45, 7) is 0. The van der Waals surface area contributed by atoms with Gasteiger partial charge in [0.2, 0.25) is 0 Å². The highest BCUT2D eigenvalue weighted by molar-refractivity contribution is 6.31. The fourth-order valence-electron chi connectivity index (χ4n) is 1.57. The first-order valence-electron chi connectivity index (χ1n) is 5.35. The summed E-state index contributed by atoms with van der Waals surface area (Å²) in [6.07, 6.45) is 3.00. The summed E-state index contributed by atoms with van der Waals surface area (Å²) in [5.74, 6) is -0.228. The van der Waals surface area contributed by atoms with E-state index in [1.165, 1.54) is 12.4 Å². The molecule has 1 heterocycles. The summed E-state index contributed by atoms with van der Waals surface area (Å²) in [5, 5.41) is 9.72. The Morgan fingerprint density at radius 1 is 1.44 bits per heavy atom. The summed E-state index contributed by atoms with van der Waals surface area (Å²) in [5.41, 5.74) is 2.02. The number of carbonyl (C=O) groups excluding carboxylic acids is 1. The first-order valence-corrected chi connectivity index (χ1v) is 5.72. The van der Waals surface area contributed by atoms with Crippen LogP contribution in [-0.2, 0) is 0 Å². The van der Waals surface area contributed by atoms with Crippen molar-refractivity contribution in [1.82, 2.24) is 10.2 Å². The van der Waals surface area contributed by atoms with E-state index in [0.29, 0.717) is 16.3 Å². The molecule has 6 heteroatoms. The van der Waals surface area contributed by atoms with Crippen LogP contribution in [0.3, 0.4) is 0 Å². The highest BCUT2D eigenvalue weighted by Crippen LogP contribution is 2.28. The van der Waals surface area contributed by atoms with Crippen molar-refractivity contribution in [1.29, 1.82) is 0 Å². The second kappa shape index (κ2) is 5.10. The molecule has 94 valence electrons. The lowest BCUT2D eigenvalue weighted by atomic mass is 10.2. The molecule has 0 saturated heterocycles. The summed E-state index contributed by atoms with van der Waals surface area (Å²) in [4.78, 5) is 13.8. The van der Waals surface area contributed by atoms with E-state index in [9.17, 15) is 4.79 Å². The third kappa shape index (κ3) is 2.62. The lowest BCUT2D eigenvalue weighted by molar-refractivity contribution is 0.102. The van der Waals surface area contributed by atoms with Crippen molar-refractivity contribution in [2.45, 2.75) is 0 Å². The number of nitrogens with one attached hydrogen (secondary N) is 2. The highest BCUT2D eigenvalue weighted by Gasteiger charge is 2.11. The van der Waals surface area contributed by atoms with E-state index in [0.717, 1.165) is 5.69 Å². The van der Waals surface area contributed by atoms with Gasteiger partial charge in [0.15, 0.2) is 0 Å². The van der Waals surface area contributed by atoms with Crippen LogP contribution in [0.25, 0.3) is 0 Å². The largest absolute Gasteiger partial charge is 0.376 e. The normalized spacial score (nSPS) is 10.2. The van der Waals surface area contributed by atoms with E-state index in [-0.39, 0.29) is 5.91 Å². The zero-order chi connectivity index (χ0) is 13.1. The minimum Gasteiger partial charge on any atom is -0.376 e. The number of anilines is 2. The number of amides is 1. The molecule has 0 unspecified atom stereocenters. The molecule has 2 rings (SSSR count). The van der Waals surface area contributed by atoms with Crippen LogP contribution < -0.4 is 10.2 Å². The van der Waals surface area contributed by atoms with Crippen LogP contribution in [0, 0.1) is 0 Å². The molecule has 0 radical (unpaired) electrons. The summed E-state index contributed by atoms with van der Waals surface area (Å²) in [6, 6.07) is 5.35. The van der Waals surface area contributed by atoms with Gasteiger partial charge in [-0.05, 0) is 18.2 Å². The van der Waals surface area contributed by atoms with Crippen molar-refractivity contribution in [2.75, 3.05) is 24.3 Å². The van der Waals surface area contributed by atoms with Crippen LogP contribution in [0.15, 0.2) is 30.6 Å². The lowest BCUT2D eigenvalue weighted by Gasteiger charge is -2.18. The van der Waals surface area contributed by atoms with E-state index in [2.05, 4.69) is 15.5 Å². The minimum absolute atomic E-state index is 0.228. The van der Waals surface area contributed by atoms with Crippen molar-refractivity contribution in [3.63, 3.8) is 0 Å². The number of aromatic amines is 1. The number of hydrogen-bond acceptors (Lipinski definition) is 3. The van der Waals surface area contributed by atoms with Gasteiger partial charge in [-0.1, -0.05) is 11.6 Å². The predicted molar refractivity (Wildman–Crippen MR) is 72.3 cm³/mol. The zero-order valence-corrected chi connectivity index (χ0v) is 10.8. The van der Waals surface area contributed by atoms with Gasteiger partial charge in [0.1, 0.15) is 0 Å². The average molecular weight is 265 g/mol. The Morgan fingerprint density at radius 3 is 2.83 bits per heavy atom. The molecule has 1 aromatic carbocycles. The van der Waals surface area contributed by atoms with Gasteiger partial charge >= 0.3 is 0 Å². The second-order valence-corrected chi connectivity index (χ2v) is 4.43. The maximum atomic E-state index is 11.9. The van der Waals surface area contributed by atoms with E-state index in [4.69, 9.17) is 11.6 Å². The van der Waals surface area contributed by atoms with Crippen LogP contribution in [-0.4, -0.2) is 30.2 Å². The second-order valence-electron chi connectivity index (χ2n) is 4.00. The third-order valence-electron chi connectivity index (χ3n) is 2.45. The Morgan fingerprint density at radius 2 is 2.22 bits per heavy atom. The van der Waals surface area contributed by atoms with Gasteiger partial charge in [-0.25, -0.2) is 0 Å². The van der Waals surface area contributed by atoms with Crippen LogP contribution in [0.2, 0.25) is 5.02 Å². The van der Waals surface area contributed by atoms with E-state index in [1.54, 1.807) is 12.1 Å². The Kier molecular flexibility index (Phi) is 3.53. The molecule has 18 heavy (non-hydrogen) atoms. The van der Waals surface area contributed by atoms with Crippen molar-refractivity contribution >= 4 is 28.9 Å². The summed E-state index contributed by atoms with van der Waals surface area (Å²) in [7, 11) is 3.80. The molecule has 0 aliphatic carbocycles. The molecule has 0 aliphatic heterocycles. The smallest absolute Gasteiger partial charge is 0.258 e. The van der Waals surface area contributed by atoms with Crippen LogP contribution in [0.5, 0.6) is 0 Å². The molecule has 0 aliphatic rings. The van der Waals surface area contributed by atoms with Gasteiger partial charge in [0.25, 0.3) is 5.91 Å². The molecule has 0 fully saturated rings. The molecular formula is C12H13ClN4O. The Hall–Kier alpha value is -2.01. The van der Waals surface area contributed by atoms with Gasteiger partial charge in [0.05, 0.1) is 23.1 Å². The quantitative estimate of drug-likeness (QED) is 0.895. The number of rotatable bonds is 3. The number of benzene rings is 1. The Balaban J connectivity index is 2.28. The van der Waals surface area contributed by atoms with Gasteiger partial charge < -0.3 is 10.2 Å². The third-order valence-corrected chi connectivity index (χ3v) is 2.68. The number of nitrogens with zero attached hydrogens (tertiary/aromatic N) is 2. The number of halogens is 1. The average Bonchev–Trinajstić information content (AvgIpc) is 2.81. The van der Waals surface area contributed by atoms with Gasteiger partial charge in [-0.3, -0.25) is 9.89 Å². The predicted octanol–water partition coefficient (Wildman–Crippen LogP) is 2.38. The monoisotopic (exact) mass is 264 g/mol. The molecule has 0 saturated carbocycles. The molecule has 1 aromatic heterocycles. The Labute approximate surface area is 110 Å². The molecule has 0 bridgehead atoms. The lowest BCUT2D eigenvalue weighted by Crippen LogP contribution is -2.16. The maximum absolute atomic E-state index is 11.9. The van der Waals surface area contributed by atoms with Crippen LogP contribution in [0.1, 0.15) is 10.4 Å². The van der Waals surface area contributed by atoms with Crippen molar-refractivity contribution in [2.24, 2.45) is 0 Å². The molecule has 2 N–H and O–H groups in total. The van der Waals surface area contributed by atoms with Gasteiger partial charge in [-0.15, -0.1) is 0 Å². The summed E-state index contributed by atoms with van der Waals surface area (Å²) >= 11 is 5.94. The maximum Gasteiger partial charge on any atom is 0.258 e. The highest BCUT2D eigenvalue weighted by atomic mass is 35.5. The van der Waals surface area contributed by atoms with Crippen LogP contribution in [0.4, 0.5) is 11.4 Å². The van der Waals surface area contributed by atoms with E-state index >= 15 is 0 Å². The van der Waals surface area contributed by atoms with E-state index < -0.39 is 0 Å². The number of H-pyrrole nitrogens is 1. The summed E-state index contributed by atoms with van der Waals surface area (Å²) < 4.78 is 0. The van der Waals surface area contributed by atoms with Gasteiger partial charge in [-0.2, -0.15) is 5.10 Å². The molecular weight excluding hydrogens is 252 g/mol. The molecule has 1 amide bonds.